The Morgan fingerprint density at radius 3 is 1.59 bits per heavy atom. The maximum Gasteiger partial charge on any atom is 0.116 e. The highest BCUT2D eigenvalue weighted by Gasteiger charge is 2.23. The molecule has 0 fully saturated rings. The van der Waals surface area contributed by atoms with Crippen LogP contribution in [-0.4, -0.2) is 123 Å². The molecule has 0 rings (SSSR count). The summed E-state index contributed by atoms with van der Waals surface area (Å²) in [4.78, 5) is 0. The van der Waals surface area contributed by atoms with Gasteiger partial charge in [-0.05, 0) is 40.0 Å². The fourth-order valence-corrected chi connectivity index (χ4v) is 2.63. The van der Waals surface area contributed by atoms with Crippen LogP contribution in [0.5, 0.6) is 0 Å². The number of rotatable bonds is 25. The Hall–Kier alpha value is -0.440. The molecule has 0 spiro atoms. The van der Waals surface area contributed by atoms with Gasteiger partial charge in [0.1, 0.15) is 17.9 Å². The van der Waals surface area contributed by atoms with Gasteiger partial charge in [0.15, 0.2) is 0 Å². The molecule has 206 valence electrons. The quantitative estimate of drug-likeness (QED) is 0.0835. The average Bonchev–Trinajstić information content (AvgIpc) is 2.76. The molecule has 0 aromatic rings. The molecule has 0 heterocycles. The maximum atomic E-state index is 9.77. The van der Waals surface area contributed by atoms with Crippen molar-refractivity contribution >= 4 is 0 Å². The fourth-order valence-electron chi connectivity index (χ4n) is 2.63. The monoisotopic (exact) mass is 499 g/mol. The lowest BCUT2D eigenvalue weighted by Gasteiger charge is -2.29. The molecule has 0 radical (unpaired) electrons. The van der Waals surface area contributed by atoms with Gasteiger partial charge in [0.25, 0.3) is 0 Å². The highest BCUT2D eigenvalue weighted by atomic mass is 16.5. The van der Waals surface area contributed by atoms with E-state index in [4.69, 9.17) is 44.4 Å². The summed E-state index contributed by atoms with van der Waals surface area (Å²) < 4.78 is 32.9. The molecule has 3 atom stereocenters. The average molecular weight is 500 g/mol. The van der Waals surface area contributed by atoms with E-state index in [0.717, 1.165) is 0 Å². The minimum atomic E-state index is -0.864. The summed E-state index contributed by atoms with van der Waals surface area (Å²) in [6.07, 6.45) is 0.751. The molecule has 3 unspecified atom stereocenters. The summed E-state index contributed by atoms with van der Waals surface area (Å²) in [5.74, 6) is 0. The van der Waals surface area contributed by atoms with E-state index < -0.39 is 23.5 Å². The number of aliphatic hydroxyl groups is 4. The Morgan fingerprint density at radius 1 is 0.618 bits per heavy atom. The van der Waals surface area contributed by atoms with Crippen molar-refractivity contribution in [1.29, 1.82) is 0 Å². The molecular weight excluding hydrogens is 450 g/mol. The van der Waals surface area contributed by atoms with Crippen molar-refractivity contribution < 1.29 is 48.8 Å². The van der Waals surface area contributed by atoms with E-state index in [1.54, 1.807) is 6.92 Å². The number of hydrogen-bond acceptors (Lipinski definition) is 11. The highest BCUT2D eigenvalue weighted by molar-refractivity contribution is 4.71. The second kappa shape index (κ2) is 20.7. The van der Waals surface area contributed by atoms with Crippen LogP contribution < -0.4 is 5.73 Å². The summed E-state index contributed by atoms with van der Waals surface area (Å²) in [5, 5.41) is 36.9. The van der Waals surface area contributed by atoms with Crippen molar-refractivity contribution in [3.8, 4) is 0 Å². The topological polar surface area (TPSA) is 162 Å². The molecule has 0 aliphatic heterocycles. The van der Waals surface area contributed by atoms with Crippen LogP contribution in [0.1, 0.15) is 46.5 Å². The molecule has 0 bridgehead atoms. The van der Waals surface area contributed by atoms with E-state index in [1.165, 1.54) is 0 Å². The smallest absolute Gasteiger partial charge is 0.116 e. The zero-order valence-corrected chi connectivity index (χ0v) is 21.3. The van der Waals surface area contributed by atoms with Crippen LogP contribution in [0.15, 0.2) is 0 Å². The van der Waals surface area contributed by atoms with Gasteiger partial charge in [-0.1, -0.05) is 0 Å². The zero-order chi connectivity index (χ0) is 25.7. The normalized spacial score (nSPS) is 15.9. The number of hydrogen-bond donors (Lipinski definition) is 5. The molecule has 34 heavy (non-hydrogen) atoms. The Kier molecular flexibility index (Phi) is 20.5. The largest absolute Gasteiger partial charge is 0.396 e. The first-order valence-corrected chi connectivity index (χ1v) is 12.1. The molecule has 6 N–H and O–H groups in total. The predicted molar refractivity (Wildman–Crippen MR) is 127 cm³/mol. The second-order valence-electron chi connectivity index (χ2n) is 9.03. The van der Waals surface area contributed by atoms with E-state index in [0.29, 0.717) is 65.3 Å². The van der Waals surface area contributed by atoms with Crippen molar-refractivity contribution in [2.45, 2.75) is 70.0 Å². The molecule has 11 nitrogen and oxygen atoms in total. The highest BCUT2D eigenvalue weighted by Crippen LogP contribution is 2.17. The lowest BCUT2D eigenvalue weighted by atomic mass is 10.1. The minimum absolute atomic E-state index is 0.0639. The molecule has 0 saturated heterocycles. The lowest BCUT2D eigenvalue weighted by Crippen LogP contribution is -2.42. The molecule has 11 heteroatoms. The Morgan fingerprint density at radius 2 is 1.09 bits per heavy atom. The summed E-state index contributed by atoms with van der Waals surface area (Å²) in [7, 11) is 0. The van der Waals surface area contributed by atoms with Crippen LogP contribution in [-0.2, 0) is 28.4 Å². The van der Waals surface area contributed by atoms with Crippen LogP contribution in [0.3, 0.4) is 0 Å². The molecule has 0 aromatic heterocycles. The number of aliphatic hydroxyl groups excluding tert-OH is 4. The van der Waals surface area contributed by atoms with Crippen LogP contribution in [0.2, 0.25) is 0 Å². The van der Waals surface area contributed by atoms with Gasteiger partial charge < -0.3 is 54.6 Å². The lowest BCUT2D eigenvalue weighted by molar-refractivity contribution is -0.0993. The third-order valence-electron chi connectivity index (χ3n) is 4.73. The van der Waals surface area contributed by atoms with Gasteiger partial charge in [0.05, 0.1) is 58.5 Å². The third kappa shape index (κ3) is 22.1. The van der Waals surface area contributed by atoms with Gasteiger partial charge in [0.2, 0.25) is 0 Å². The van der Waals surface area contributed by atoms with E-state index in [9.17, 15) is 10.2 Å². The minimum Gasteiger partial charge on any atom is -0.396 e. The number of nitrogens with two attached hydrogens (primary N) is 1. The van der Waals surface area contributed by atoms with E-state index in [1.807, 2.05) is 13.8 Å². The molecule has 0 saturated carbocycles. The van der Waals surface area contributed by atoms with Crippen LogP contribution in [0.4, 0.5) is 0 Å². The number of ether oxygens (including phenoxy) is 6. The zero-order valence-electron chi connectivity index (χ0n) is 21.3. The SMILES string of the molecule is CC(C)(CCOC(C)(N)CCOCC(O)COCCCO)OCCOCC(O)COCCCO. The summed E-state index contributed by atoms with van der Waals surface area (Å²) in [6, 6.07) is 0. The standard InChI is InChI=1S/C23H49NO10/c1-22(2,33-15-14-32-19-21(28)17-30-11-5-9-26)6-13-34-23(3,24)7-12-31-18-20(27)16-29-10-4-8-25/h20-21,25-28H,4-19,24H2,1-3H3. The molecular formula is C23H49NO10. The van der Waals surface area contributed by atoms with Crippen molar-refractivity contribution in [3.05, 3.63) is 0 Å². The van der Waals surface area contributed by atoms with Crippen molar-refractivity contribution in [2.75, 3.05) is 79.3 Å². The maximum absolute atomic E-state index is 9.77. The summed E-state index contributed by atoms with van der Waals surface area (Å²) in [5.41, 5.74) is 4.88. The second-order valence-corrected chi connectivity index (χ2v) is 9.03. The molecule has 0 aliphatic rings. The van der Waals surface area contributed by atoms with Crippen LogP contribution in [0.25, 0.3) is 0 Å². The fraction of sp³-hybridized carbons (Fsp3) is 1.00. The molecule has 0 aromatic carbocycles. The first-order chi connectivity index (χ1) is 16.1. The predicted octanol–water partition coefficient (Wildman–Crippen LogP) is -0.194. The van der Waals surface area contributed by atoms with Crippen molar-refractivity contribution in [3.63, 3.8) is 0 Å². The Labute approximate surface area is 204 Å². The van der Waals surface area contributed by atoms with E-state index >= 15 is 0 Å². The summed E-state index contributed by atoms with van der Waals surface area (Å²) in [6.45, 7) is 8.77. The van der Waals surface area contributed by atoms with Crippen molar-refractivity contribution in [2.24, 2.45) is 5.73 Å². The van der Waals surface area contributed by atoms with Gasteiger partial charge in [-0.2, -0.15) is 0 Å². The van der Waals surface area contributed by atoms with Gasteiger partial charge >= 0.3 is 0 Å². The Bertz CT molecular complexity index is 453. The van der Waals surface area contributed by atoms with E-state index in [2.05, 4.69) is 0 Å². The van der Waals surface area contributed by atoms with Crippen LogP contribution in [0, 0.1) is 0 Å². The van der Waals surface area contributed by atoms with Gasteiger partial charge in [-0.25, -0.2) is 0 Å². The third-order valence-corrected chi connectivity index (χ3v) is 4.73. The first-order valence-electron chi connectivity index (χ1n) is 12.1. The van der Waals surface area contributed by atoms with Crippen molar-refractivity contribution in [1.82, 2.24) is 0 Å². The molecule has 0 aliphatic carbocycles. The molecule has 0 amide bonds. The first kappa shape index (κ1) is 33.6. The van der Waals surface area contributed by atoms with Gasteiger partial charge in [-0.3, -0.25) is 0 Å². The van der Waals surface area contributed by atoms with Gasteiger partial charge in [-0.15, -0.1) is 0 Å². The van der Waals surface area contributed by atoms with Crippen LogP contribution >= 0.6 is 0 Å². The Balaban J connectivity index is 3.79. The van der Waals surface area contributed by atoms with E-state index in [-0.39, 0.29) is 39.6 Å². The van der Waals surface area contributed by atoms with Gasteiger partial charge in [0, 0.05) is 32.8 Å². The summed E-state index contributed by atoms with van der Waals surface area (Å²) >= 11 is 0.